The number of aliphatic hydroxyl groups is 1. The van der Waals surface area contributed by atoms with Gasteiger partial charge in [-0.15, -0.1) is 0 Å². The van der Waals surface area contributed by atoms with Crippen LogP contribution in [0.5, 0.6) is 11.5 Å². The molecule has 2 nitrogen and oxygen atoms in total. The topological polar surface area (TPSA) is 29.5 Å². The van der Waals surface area contributed by atoms with E-state index in [1.807, 2.05) is 12.1 Å². The second kappa shape index (κ2) is 5.82. The van der Waals surface area contributed by atoms with Crippen LogP contribution in [0.1, 0.15) is 5.56 Å². The summed E-state index contributed by atoms with van der Waals surface area (Å²) in [4.78, 5) is 0. The Kier molecular flexibility index (Phi) is 4.37. The molecular weight excluding hydrogens is 367 g/mol. The Labute approximate surface area is 121 Å². The van der Waals surface area contributed by atoms with Crippen LogP contribution in [0.4, 0.5) is 4.39 Å². The highest BCUT2D eigenvalue weighted by molar-refractivity contribution is 9.11. The fourth-order valence-electron chi connectivity index (χ4n) is 1.45. The second-order valence-corrected chi connectivity index (χ2v) is 5.36. The predicted octanol–water partition coefficient (Wildman–Crippen LogP) is 4.64. The molecule has 0 radical (unpaired) electrons. The van der Waals surface area contributed by atoms with E-state index in [0.29, 0.717) is 17.1 Å². The van der Waals surface area contributed by atoms with Crippen molar-refractivity contribution in [1.29, 1.82) is 0 Å². The first-order valence-electron chi connectivity index (χ1n) is 5.12. The summed E-state index contributed by atoms with van der Waals surface area (Å²) in [5.74, 6) is 0.628. The number of aliphatic hydroxyl groups excluding tert-OH is 1. The van der Waals surface area contributed by atoms with Crippen LogP contribution in [-0.4, -0.2) is 5.11 Å². The number of hydrogen-bond acceptors (Lipinski definition) is 2. The molecule has 1 N–H and O–H groups in total. The molecule has 2 rings (SSSR count). The van der Waals surface area contributed by atoms with Crippen LogP contribution in [-0.2, 0) is 6.61 Å². The molecule has 0 saturated carbocycles. The zero-order chi connectivity index (χ0) is 13.1. The summed E-state index contributed by atoms with van der Waals surface area (Å²) in [6.45, 7) is -0.277. The summed E-state index contributed by atoms with van der Waals surface area (Å²) in [6.07, 6.45) is 0. The molecule has 0 fully saturated rings. The Hall–Kier alpha value is -0.910. The Morgan fingerprint density at radius 1 is 1.06 bits per heavy atom. The van der Waals surface area contributed by atoms with Gasteiger partial charge in [0.25, 0.3) is 0 Å². The number of halogens is 3. The lowest BCUT2D eigenvalue weighted by molar-refractivity contribution is 0.275. The fourth-order valence-corrected chi connectivity index (χ4v) is 2.58. The summed E-state index contributed by atoms with van der Waals surface area (Å²) in [5.41, 5.74) is 0.407. The third-order valence-corrected chi connectivity index (χ3v) is 3.42. The van der Waals surface area contributed by atoms with Gasteiger partial charge in [-0.25, -0.2) is 4.39 Å². The van der Waals surface area contributed by atoms with Gasteiger partial charge in [-0.3, -0.25) is 0 Å². The molecule has 2 aromatic carbocycles. The highest BCUT2D eigenvalue weighted by Crippen LogP contribution is 2.33. The molecule has 0 aliphatic carbocycles. The molecule has 0 atom stereocenters. The Bertz CT molecular complexity index is 573. The molecule has 0 heterocycles. The van der Waals surface area contributed by atoms with Crippen molar-refractivity contribution in [3.8, 4) is 11.5 Å². The SMILES string of the molecule is OCc1cc(F)ccc1Oc1ccc(Br)cc1Br. The normalized spacial score (nSPS) is 10.4. The number of hydrogen-bond donors (Lipinski definition) is 1. The maximum absolute atomic E-state index is 13.0. The molecule has 94 valence electrons. The summed E-state index contributed by atoms with van der Waals surface area (Å²) >= 11 is 6.72. The first-order chi connectivity index (χ1) is 8.60. The van der Waals surface area contributed by atoms with Gasteiger partial charge >= 0.3 is 0 Å². The van der Waals surface area contributed by atoms with E-state index in [1.165, 1.54) is 18.2 Å². The molecular formula is C13H9Br2FO2. The van der Waals surface area contributed by atoms with Gasteiger partial charge in [-0.1, -0.05) is 15.9 Å². The van der Waals surface area contributed by atoms with Gasteiger partial charge < -0.3 is 9.84 Å². The van der Waals surface area contributed by atoms with Crippen LogP contribution in [0.25, 0.3) is 0 Å². The van der Waals surface area contributed by atoms with Gasteiger partial charge in [0.15, 0.2) is 0 Å². The van der Waals surface area contributed by atoms with E-state index < -0.39 is 5.82 Å². The van der Waals surface area contributed by atoms with Crippen LogP contribution in [0.2, 0.25) is 0 Å². The van der Waals surface area contributed by atoms with E-state index >= 15 is 0 Å². The minimum absolute atomic E-state index is 0.277. The Balaban J connectivity index is 2.33. The molecule has 0 amide bonds. The van der Waals surface area contributed by atoms with Gasteiger partial charge in [0.05, 0.1) is 11.1 Å². The van der Waals surface area contributed by atoms with Crippen LogP contribution in [0, 0.1) is 5.82 Å². The lowest BCUT2D eigenvalue weighted by Crippen LogP contribution is -1.93. The van der Waals surface area contributed by atoms with Crippen molar-refractivity contribution in [2.75, 3.05) is 0 Å². The third kappa shape index (κ3) is 3.10. The molecule has 0 saturated heterocycles. The summed E-state index contributed by atoms with van der Waals surface area (Å²) in [7, 11) is 0. The van der Waals surface area contributed by atoms with Crippen molar-refractivity contribution in [2.45, 2.75) is 6.61 Å². The maximum Gasteiger partial charge on any atom is 0.141 e. The summed E-state index contributed by atoms with van der Waals surface area (Å²) < 4.78 is 20.4. The Morgan fingerprint density at radius 3 is 2.44 bits per heavy atom. The number of benzene rings is 2. The lowest BCUT2D eigenvalue weighted by Gasteiger charge is -2.11. The largest absolute Gasteiger partial charge is 0.456 e. The lowest BCUT2D eigenvalue weighted by atomic mass is 10.2. The summed E-state index contributed by atoms with van der Waals surface area (Å²) in [6, 6.07) is 9.50. The molecule has 5 heteroatoms. The minimum atomic E-state index is -0.402. The number of ether oxygens (including phenoxy) is 1. The van der Waals surface area contributed by atoms with Crippen LogP contribution in [0.15, 0.2) is 45.3 Å². The monoisotopic (exact) mass is 374 g/mol. The summed E-state index contributed by atoms with van der Waals surface area (Å²) in [5, 5.41) is 9.17. The van der Waals surface area contributed by atoms with Crippen molar-refractivity contribution in [1.82, 2.24) is 0 Å². The maximum atomic E-state index is 13.0. The van der Waals surface area contributed by atoms with Crippen molar-refractivity contribution < 1.29 is 14.2 Å². The van der Waals surface area contributed by atoms with Gasteiger partial charge in [0.2, 0.25) is 0 Å². The van der Waals surface area contributed by atoms with Crippen molar-refractivity contribution in [2.24, 2.45) is 0 Å². The van der Waals surface area contributed by atoms with Gasteiger partial charge in [0, 0.05) is 10.0 Å². The van der Waals surface area contributed by atoms with E-state index in [4.69, 9.17) is 9.84 Å². The first kappa shape index (κ1) is 13.5. The molecule has 0 aromatic heterocycles. The highest BCUT2D eigenvalue weighted by atomic mass is 79.9. The van der Waals surface area contributed by atoms with Gasteiger partial charge in [-0.05, 0) is 52.3 Å². The number of rotatable bonds is 3. The molecule has 0 aliphatic rings. The van der Waals surface area contributed by atoms with E-state index in [1.54, 1.807) is 6.07 Å². The van der Waals surface area contributed by atoms with E-state index in [9.17, 15) is 4.39 Å². The minimum Gasteiger partial charge on any atom is -0.456 e. The molecule has 0 aliphatic heterocycles. The van der Waals surface area contributed by atoms with E-state index in [-0.39, 0.29) is 6.61 Å². The first-order valence-corrected chi connectivity index (χ1v) is 6.71. The Morgan fingerprint density at radius 2 is 1.78 bits per heavy atom. The zero-order valence-electron chi connectivity index (χ0n) is 9.16. The van der Waals surface area contributed by atoms with Gasteiger partial charge in [0.1, 0.15) is 17.3 Å². The average molecular weight is 376 g/mol. The standard InChI is InChI=1S/C13H9Br2FO2/c14-9-1-3-13(11(15)6-9)18-12-4-2-10(16)5-8(12)7-17/h1-6,17H,7H2. The van der Waals surface area contributed by atoms with E-state index in [2.05, 4.69) is 31.9 Å². The van der Waals surface area contributed by atoms with Crippen molar-refractivity contribution in [3.05, 3.63) is 56.7 Å². The molecule has 18 heavy (non-hydrogen) atoms. The van der Waals surface area contributed by atoms with Crippen LogP contribution < -0.4 is 4.74 Å². The molecule has 2 aromatic rings. The van der Waals surface area contributed by atoms with Crippen molar-refractivity contribution >= 4 is 31.9 Å². The van der Waals surface area contributed by atoms with Gasteiger partial charge in [-0.2, -0.15) is 0 Å². The van der Waals surface area contributed by atoms with Crippen LogP contribution >= 0.6 is 31.9 Å². The average Bonchev–Trinajstić information content (AvgIpc) is 2.34. The third-order valence-electron chi connectivity index (χ3n) is 2.31. The zero-order valence-corrected chi connectivity index (χ0v) is 12.3. The highest BCUT2D eigenvalue weighted by Gasteiger charge is 2.08. The molecule has 0 spiro atoms. The van der Waals surface area contributed by atoms with Crippen LogP contribution in [0.3, 0.4) is 0 Å². The van der Waals surface area contributed by atoms with E-state index in [0.717, 1.165) is 8.95 Å². The molecule has 0 unspecified atom stereocenters. The predicted molar refractivity (Wildman–Crippen MR) is 74.2 cm³/mol. The molecule has 0 bridgehead atoms. The van der Waals surface area contributed by atoms with Crippen molar-refractivity contribution in [3.63, 3.8) is 0 Å². The quantitative estimate of drug-likeness (QED) is 0.847. The smallest absolute Gasteiger partial charge is 0.141 e. The second-order valence-electron chi connectivity index (χ2n) is 3.59. The fraction of sp³-hybridized carbons (Fsp3) is 0.0769.